The molecule has 1 rings (SSSR count). The molecular weight excluding hydrogens is 278 g/mol. The van der Waals surface area contributed by atoms with Crippen LogP contribution in [0.5, 0.6) is 0 Å². The first-order valence-electron chi connectivity index (χ1n) is 6.34. The Bertz CT molecular complexity index is 475. The van der Waals surface area contributed by atoms with Gasteiger partial charge in [-0.1, -0.05) is 6.07 Å². The van der Waals surface area contributed by atoms with Crippen LogP contribution in [0.3, 0.4) is 0 Å². The highest BCUT2D eigenvalue weighted by Crippen LogP contribution is 2.12. The molecule has 0 unspecified atom stereocenters. The highest BCUT2D eigenvalue weighted by molar-refractivity contribution is 5.96. The van der Waals surface area contributed by atoms with Gasteiger partial charge in [-0.05, 0) is 38.5 Å². The number of carbonyl (C=O) groups is 2. The molecule has 1 aromatic carbocycles. The quantitative estimate of drug-likeness (QED) is 0.723. The first-order chi connectivity index (χ1) is 8.90. The minimum absolute atomic E-state index is 0. The molecule has 0 radical (unpaired) electrons. The molecule has 0 fully saturated rings. The molecule has 112 valence electrons. The highest BCUT2D eigenvalue weighted by Gasteiger charge is 2.10. The molecule has 20 heavy (non-hydrogen) atoms. The average Bonchev–Trinajstić information content (AvgIpc) is 2.31. The van der Waals surface area contributed by atoms with Crippen LogP contribution < -0.4 is 16.4 Å². The number of rotatable bonds is 5. The van der Waals surface area contributed by atoms with E-state index in [0.717, 1.165) is 5.56 Å². The third-order valence-electron chi connectivity index (χ3n) is 2.59. The third-order valence-corrected chi connectivity index (χ3v) is 2.59. The van der Waals surface area contributed by atoms with E-state index in [9.17, 15) is 9.59 Å². The van der Waals surface area contributed by atoms with Gasteiger partial charge in [0.1, 0.15) is 0 Å². The first-order valence-corrected chi connectivity index (χ1v) is 6.34. The Labute approximate surface area is 125 Å². The summed E-state index contributed by atoms with van der Waals surface area (Å²) in [5.41, 5.74) is 7.61. The normalized spacial score (nSPS) is 9.80. The summed E-state index contributed by atoms with van der Waals surface area (Å²) in [6.07, 6.45) is 0.269. The summed E-state index contributed by atoms with van der Waals surface area (Å²) in [6, 6.07) is 5.30. The summed E-state index contributed by atoms with van der Waals surface area (Å²) in [6.45, 7) is 5.95. The van der Waals surface area contributed by atoms with E-state index in [1.807, 2.05) is 20.8 Å². The number of benzene rings is 1. The van der Waals surface area contributed by atoms with Gasteiger partial charge in [-0.2, -0.15) is 0 Å². The molecule has 0 aliphatic heterocycles. The molecule has 0 bridgehead atoms. The maximum absolute atomic E-state index is 11.9. The number of anilines is 1. The lowest BCUT2D eigenvalue weighted by molar-refractivity contribution is -0.121. The Morgan fingerprint density at radius 2 is 1.95 bits per heavy atom. The van der Waals surface area contributed by atoms with Gasteiger partial charge in [0.15, 0.2) is 0 Å². The molecule has 6 heteroatoms. The third kappa shape index (κ3) is 5.93. The summed E-state index contributed by atoms with van der Waals surface area (Å²) in [7, 11) is 0. The second-order valence-corrected chi connectivity index (χ2v) is 4.80. The van der Waals surface area contributed by atoms with Crippen LogP contribution in [0.15, 0.2) is 18.2 Å². The van der Waals surface area contributed by atoms with Crippen molar-refractivity contribution >= 4 is 29.9 Å². The fourth-order valence-electron chi connectivity index (χ4n) is 1.66. The van der Waals surface area contributed by atoms with E-state index in [-0.39, 0.29) is 36.7 Å². The molecule has 0 atom stereocenters. The molecule has 0 heterocycles. The topological polar surface area (TPSA) is 84.2 Å². The van der Waals surface area contributed by atoms with Gasteiger partial charge in [-0.3, -0.25) is 9.59 Å². The van der Waals surface area contributed by atoms with Crippen LogP contribution in [0.25, 0.3) is 0 Å². The number of amides is 2. The van der Waals surface area contributed by atoms with Crippen LogP contribution in [-0.2, 0) is 4.79 Å². The summed E-state index contributed by atoms with van der Waals surface area (Å²) in [4.78, 5) is 23.3. The fraction of sp³-hybridized carbons (Fsp3) is 0.429. The SMILES string of the molecule is Cc1ccc(N)cc1C(=O)NCCC(=O)NC(C)C.Cl. The molecule has 4 N–H and O–H groups in total. The predicted molar refractivity (Wildman–Crippen MR) is 83.1 cm³/mol. The van der Waals surface area contributed by atoms with Crippen molar-refractivity contribution in [1.82, 2.24) is 10.6 Å². The number of nitrogens with two attached hydrogens (primary N) is 1. The molecule has 1 aromatic rings. The van der Waals surface area contributed by atoms with Gasteiger partial charge in [-0.15, -0.1) is 12.4 Å². The van der Waals surface area contributed by atoms with Gasteiger partial charge < -0.3 is 16.4 Å². The van der Waals surface area contributed by atoms with Crippen molar-refractivity contribution in [2.75, 3.05) is 12.3 Å². The Morgan fingerprint density at radius 1 is 1.30 bits per heavy atom. The minimum atomic E-state index is -0.206. The summed E-state index contributed by atoms with van der Waals surface area (Å²) < 4.78 is 0. The van der Waals surface area contributed by atoms with Gasteiger partial charge in [0, 0.05) is 30.3 Å². The molecule has 5 nitrogen and oxygen atoms in total. The summed E-state index contributed by atoms with van der Waals surface area (Å²) >= 11 is 0. The van der Waals surface area contributed by atoms with Gasteiger partial charge in [0.2, 0.25) is 5.91 Å². The number of hydrogen-bond acceptors (Lipinski definition) is 3. The molecule has 0 spiro atoms. The van der Waals surface area contributed by atoms with E-state index in [1.165, 1.54) is 0 Å². The smallest absolute Gasteiger partial charge is 0.251 e. The number of nitrogen functional groups attached to an aromatic ring is 1. The number of hydrogen-bond donors (Lipinski definition) is 3. The molecular formula is C14H22ClN3O2. The van der Waals surface area contributed by atoms with Crippen molar-refractivity contribution in [3.8, 4) is 0 Å². The first kappa shape index (κ1) is 18.2. The zero-order chi connectivity index (χ0) is 14.4. The van der Waals surface area contributed by atoms with E-state index in [4.69, 9.17) is 5.73 Å². The summed E-state index contributed by atoms with van der Waals surface area (Å²) in [5, 5.41) is 5.48. The van der Waals surface area contributed by atoms with Crippen molar-refractivity contribution in [1.29, 1.82) is 0 Å². The average molecular weight is 300 g/mol. The number of aryl methyl sites for hydroxylation is 1. The number of halogens is 1. The predicted octanol–water partition coefficient (Wildman–Crippen LogP) is 1.64. The Balaban J connectivity index is 0.00000361. The Kier molecular flexibility index (Phi) is 7.69. The molecule has 0 aliphatic carbocycles. The number of nitrogens with one attached hydrogen (secondary N) is 2. The van der Waals surface area contributed by atoms with E-state index in [0.29, 0.717) is 17.8 Å². The van der Waals surface area contributed by atoms with E-state index >= 15 is 0 Å². The molecule has 0 saturated carbocycles. The highest BCUT2D eigenvalue weighted by atomic mass is 35.5. The second-order valence-electron chi connectivity index (χ2n) is 4.80. The van der Waals surface area contributed by atoms with Crippen LogP contribution in [0.1, 0.15) is 36.2 Å². The lowest BCUT2D eigenvalue weighted by Gasteiger charge is -2.10. The van der Waals surface area contributed by atoms with E-state index in [2.05, 4.69) is 10.6 Å². The molecule has 0 aromatic heterocycles. The number of carbonyl (C=O) groups excluding carboxylic acids is 2. The van der Waals surface area contributed by atoms with Crippen LogP contribution in [-0.4, -0.2) is 24.4 Å². The fourth-order valence-corrected chi connectivity index (χ4v) is 1.66. The van der Waals surface area contributed by atoms with Gasteiger partial charge in [-0.25, -0.2) is 0 Å². The standard InChI is InChI=1S/C14H21N3O2.ClH/c1-9(2)17-13(18)6-7-16-14(19)12-8-11(15)5-4-10(12)3;/h4-5,8-9H,6-7,15H2,1-3H3,(H,16,19)(H,17,18);1H. The van der Waals surface area contributed by atoms with Crippen molar-refractivity contribution in [2.24, 2.45) is 0 Å². The molecule has 0 saturated heterocycles. The lowest BCUT2D eigenvalue weighted by atomic mass is 10.1. The van der Waals surface area contributed by atoms with Crippen LogP contribution in [0, 0.1) is 6.92 Å². The zero-order valence-electron chi connectivity index (χ0n) is 12.0. The lowest BCUT2D eigenvalue weighted by Crippen LogP contribution is -2.34. The van der Waals surface area contributed by atoms with Gasteiger partial charge in [0.05, 0.1) is 0 Å². The van der Waals surface area contributed by atoms with Crippen LogP contribution in [0.2, 0.25) is 0 Å². The Hall–Kier alpha value is -1.75. The van der Waals surface area contributed by atoms with Crippen molar-refractivity contribution < 1.29 is 9.59 Å². The maximum Gasteiger partial charge on any atom is 0.251 e. The van der Waals surface area contributed by atoms with E-state index in [1.54, 1.807) is 18.2 Å². The van der Waals surface area contributed by atoms with Crippen LogP contribution >= 0.6 is 12.4 Å². The van der Waals surface area contributed by atoms with Gasteiger partial charge >= 0.3 is 0 Å². The molecule has 2 amide bonds. The second kappa shape index (κ2) is 8.43. The van der Waals surface area contributed by atoms with E-state index < -0.39 is 0 Å². The zero-order valence-corrected chi connectivity index (χ0v) is 12.8. The van der Waals surface area contributed by atoms with Crippen molar-refractivity contribution in [2.45, 2.75) is 33.2 Å². The minimum Gasteiger partial charge on any atom is -0.399 e. The summed E-state index contributed by atoms with van der Waals surface area (Å²) in [5.74, 6) is -0.276. The Morgan fingerprint density at radius 3 is 2.55 bits per heavy atom. The maximum atomic E-state index is 11.9. The molecule has 0 aliphatic rings. The van der Waals surface area contributed by atoms with Crippen LogP contribution in [0.4, 0.5) is 5.69 Å². The van der Waals surface area contributed by atoms with Gasteiger partial charge in [0.25, 0.3) is 5.91 Å². The van der Waals surface area contributed by atoms with Crippen molar-refractivity contribution in [3.05, 3.63) is 29.3 Å². The monoisotopic (exact) mass is 299 g/mol. The van der Waals surface area contributed by atoms with Crippen molar-refractivity contribution in [3.63, 3.8) is 0 Å². The largest absolute Gasteiger partial charge is 0.399 e.